The molecular formula is C16H16ClN5. The molecule has 0 atom stereocenters. The van der Waals surface area contributed by atoms with Crippen LogP contribution in [0, 0.1) is 22.7 Å². The van der Waals surface area contributed by atoms with E-state index in [4.69, 9.17) is 23.1 Å². The van der Waals surface area contributed by atoms with E-state index in [0.29, 0.717) is 28.3 Å². The minimum Gasteiger partial charge on any atom is -0.384 e. The molecule has 0 radical (unpaired) electrons. The molecule has 6 heteroatoms. The van der Waals surface area contributed by atoms with Crippen LogP contribution < -0.4 is 11.5 Å². The highest BCUT2D eigenvalue weighted by atomic mass is 35.5. The number of nitrogens with two attached hydrogens (primary N) is 2. The average molecular weight is 314 g/mol. The van der Waals surface area contributed by atoms with Crippen LogP contribution in [0.3, 0.4) is 0 Å². The number of nitrogens with zero attached hydrogens (tertiary/aromatic N) is 3. The molecule has 22 heavy (non-hydrogen) atoms. The molecule has 0 unspecified atom stereocenters. The maximum absolute atomic E-state index is 9.54. The minimum atomic E-state index is -0.628. The molecule has 1 heterocycles. The van der Waals surface area contributed by atoms with Crippen LogP contribution in [-0.2, 0) is 0 Å². The molecule has 1 aliphatic rings. The van der Waals surface area contributed by atoms with E-state index < -0.39 is 5.92 Å². The first-order chi connectivity index (χ1) is 10.6. The van der Waals surface area contributed by atoms with Gasteiger partial charge in [0.05, 0.1) is 29.2 Å². The van der Waals surface area contributed by atoms with Crippen LogP contribution in [0.5, 0.6) is 0 Å². The van der Waals surface area contributed by atoms with Crippen LogP contribution in [0.1, 0.15) is 24.8 Å². The van der Waals surface area contributed by atoms with Gasteiger partial charge in [0.1, 0.15) is 11.6 Å². The first-order valence-electron chi connectivity index (χ1n) is 6.88. The first-order valence-corrected chi connectivity index (χ1v) is 7.26. The van der Waals surface area contributed by atoms with E-state index in [1.54, 1.807) is 29.2 Å². The van der Waals surface area contributed by atoms with Gasteiger partial charge in [0.15, 0.2) is 0 Å². The lowest BCUT2D eigenvalue weighted by atomic mass is 9.83. The van der Waals surface area contributed by atoms with Crippen LogP contribution in [-0.4, -0.2) is 11.4 Å². The zero-order chi connectivity index (χ0) is 16.3. The summed E-state index contributed by atoms with van der Waals surface area (Å²) in [5, 5.41) is 19.5. The third-order valence-corrected chi connectivity index (χ3v) is 3.96. The van der Waals surface area contributed by atoms with Gasteiger partial charge in [-0.3, -0.25) is 0 Å². The molecule has 0 bridgehead atoms. The van der Waals surface area contributed by atoms with E-state index in [2.05, 4.69) is 12.1 Å². The molecule has 0 saturated carbocycles. The number of halogens is 1. The Balaban J connectivity index is 2.70. The van der Waals surface area contributed by atoms with Gasteiger partial charge in [0, 0.05) is 11.6 Å². The van der Waals surface area contributed by atoms with Gasteiger partial charge in [0.25, 0.3) is 0 Å². The molecule has 5 nitrogen and oxygen atoms in total. The number of nitriles is 2. The van der Waals surface area contributed by atoms with Gasteiger partial charge in [-0.15, -0.1) is 0 Å². The smallest absolute Gasteiger partial charge is 0.119 e. The average Bonchev–Trinajstić information content (AvgIpc) is 2.52. The number of benzene rings is 1. The molecule has 0 amide bonds. The molecule has 2 rings (SSSR count). The number of rotatable bonds is 3. The van der Waals surface area contributed by atoms with Crippen LogP contribution in [0.2, 0.25) is 5.02 Å². The molecule has 1 aromatic carbocycles. The second-order valence-electron chi connectivity index (χ2n) is 4.93. The number of allylic oxidation sites excluding steroid dienone is 2. The predicted molar refractivity (Wildman–Crippen MR) is 84.8 cm³/mol. The van der Waals surface area contributed by atoms with Crippen molar-refractivity contribution in [3.63, 3.8) is 0 Å². The summed E-state index contributed by atoms with van der Waals surface area (Å²) in [6, 6.07) is 11.3. The summed E-state index contributed by atoms with van der Waals surface area (Å²) in [6.07, 6.45) is 0.787. The Hall–Kier alpha value is -2.63. The van der Waals surface area contributed by atoms with Gasteiger partial charge in [-0.1, -0.05) is 36.7 Å². The summed E-state index contributed by atoms with van der Waals surface area (Å²) in [6.45, 7) is 2.52. The Morgan fingerprint density at radius 3 is 2.14 bits per heavy atom. The van der Waals surface area contributed by atoms with E-state index in [-0.39, 0.29) is 11.6 Å². The summed E-state index contributed by atoms with van der Waals surface area (Å²) in [4.78, 5) is 1.62. The van der Waals surface area contributed by atoms with Crippen molar-refractivity contribution in [3.05, 3.63) is 57.6 Å². The zero-order valence-electron chi connectivity index (χ0n) is 12.2. The molecule has 1 aliphatic heterocycles. The predicted octanol–water partition coefficient (Wildman–Crippen LogP) is 2.54. The van der Waals surface area contributed by atoms with E-state index in [1.165, 1.54) is 0 Å². The SMILES string of the molecule is CCCN1C(N)=C(C#N)C(c2ccccc2Cl)C(C#N)=C1N. The van der Waals surface area contributed by atoms with Gasteiger partial charge in [-0.05, 0) is 18.1 Å². The lowest BCUT2D eigenvalue weighted by Gasteiger charge is -2.34. The molecule has 1 aromatic rings. The molecule has 0 saturated heterocycles. The van der Waals surface area contributed by atoms with E-state index in [0.717, 1.165) is 6.42 Å². The van der Waals surface area contributed by atoms with Crippen molar-refractivity contribution < 1.29 is 0 Å². The maximum Gasteiger partial charge on any atom is 0.119 e. The molecule has 0 fully saturated rings. The van der Waals surface area contributed by atoms with Crippen LogP contribution >= 0.6 is 11.6 Å². The summed E-state index contributed by atoms with van der Waals surface area (Å²) < 4.78 is 0. The molecular weight excluding hydrogens is 298 g/mol. The Bertz CT molecular complexity index is 698. The monoisotopic (exact) mass is 313 g/mol. The highest BCUT2D eigenvalue weighted by Crippen LogP contribution is 2.41. The Labute approximate surface area is 134 Å². The highest BCUT2D eigenvalue weighted by molar-refractivity contribution is 6.31. The third kappa shape index (κ3) is 2.47. The topological polar surface area (TPSA) is 103 Å². The van der Waals surface area contributed by atoms with Crippen LogP contribution in [0.15, 0.2) is 47.1 Å². The van der Waals surface area contributed by atoms with Gasteiger partial charge in [0.2, 0.25) is 0 Å². The molecule has 0 aromatic heterocycles. The van der Waals surface area contributed by atoms with Gasteiger partial charge in [-0.25, -0.2) is 0 Å². The largest absolute Gasteiger partial charge is 0.384 e. The maximum atomic E-state index is 9.54. The minimum absolute atomic E-state index is 0.283. The lowest BCUT2D eigenvalue weighted by molar-refractivity contribution is 0.395. The van der Waals surface area contributed by atoms with Crippen molar-refractivity contribution in [2.75, 3.05) is 6.54 Å². The molecule has 112 valence electrons. The molecule has 0 spiro atoms. The summed E-state index contributed by atoms with van der Waals surface area (Å²) >= 11 is 6.24. The second-order valence-corrected chi connectivity index (χ2v) is 5.33. The fourth-order valence-corrected chi connectivity index (χ4v) is 2.83. The van der Waals surface area contributed by atoms with Crippen molar-refractivity contribution in [3.8, 4) is 12.1 Å². The van der Waals surface area contributed by atoms with Crippen molar-refractivity contribution in [1.82, 2.24) is 4.90 Å². The van der Waals surface area contributed by atoms with Gasteiger partial charge >= 0.3 is 0 Å². The summed E-state index contributed by atoms with van der Waals surface area (Å²) in [5.74, 6) is -0.0617. The normalized spacial score (nSPS) is 15.7. The zero-order valence-corrected chi connectivity index (χ0v) is 12.9. The quantitative estimate of drug-likeness (QED) is 0.892. The molecule has 0 aliphatic carbocycles. The van der Waals surface area contributed by atoms with Crippen molar-refractivity contribution in [2.45, 2.75) is 19.3 Å². The Morgan fingerprint density at radius 1 is 1.14 bits per heavy atom. The third-order valence-electron chi connectivity index (χ3n) is 3.62. The van der Waals surface area contributed by atoms with Crippen LogP contribution in [0.4, 0.5) is 0 Å². The van der Waals surface area contributed by atoms with E-state index in [9.17, 15) is 10.5 Å². The fraction of sp³-hybridized carbons (Fsp3) is 0.250. The van der Waals surface area contributed by atoms with E-state index in [1.807, 2.05) is 6.92 Å². The first kappa shape index (κ1) is 15.8. The fourth-order valence-electron chi connectivity index (χ4n) is 2.59. The van der Waals surface area contributed by atoms with Crippen molar-refractivity contribution >= 4 is 11.6 Å². The molecule has 4 N–H and O–H groups in total. The van der Waals surface area contributed by atoms with Gasteiger partial charge < -0.3 is 16.4 Å². The highest BCUT2D eigenvalue weighted by Gasteiger charge is 2.35. The Kier molecular flexibility index (Phi) is 4.60. The van der Waals surface area contributed by atoms with E-state index >= 15 is 0 Å². The second kappa shape index (κ2) is 6.43. The summed E-state index contributed by atoms with van der Waals surface area (Å²) in [7, 11) is 0. The Morgan fingerprint density at radius 2 is 1.68 bits per heavy atom. The standard InChI is InChI=1S/C16H16ClN5/c1-2-7-22-15(20)11(8-18)14(12(9-19)16(22)21)10-5-3-4-6-13(10)17/h3-6,14H,2,7,20-21H2,1H3. The number of hydrogen-bond acceptors (Lipinski definition) is 5. The lowest BCUT2D eigenvalue weighted by Crippen LogP contribution is -2.38. The number of hydrogen-bond donors (Lipinski definition) is 2. The van der Waals surface area contributed by atoms with Crippen LogP contribution in [0.25, 0.3) is 0 Å². The summed E-state index contributed by atoms with van der Waals surface area (Å²) in [5.41, 5.74) is 13.5. The van der Waals surface area contributed by atoms with Crippen molar-refractivity contribution in [1.29, 1.82) is 10.5 Å². The van der Waals surface area contributed by atoms with Crippen molar-refractivity contribution in [2.24, 2.45) is 11.5 Å². The van der Waals surface area contributed by atoms with Gasteiger partial charge in [-0.2, -0.15) is 10.5 Å².